The van der Waals surface area contributed by atoms with Crippen molar-refractivity contribution in [1.29, 1.82) is 0 Å². The Labute approximate surface area is 98.8 Å². The number of nitrogens with zero attached hydrogens (tertiary/aromatic N) is 2. The first-order valence-electron chi connectivity index (χ1n) is 4.03. The van der Waals surface area contributed by atoms with Crippen LogP contribution in [0.15, 0.2) is 11.0 Å². The highest BCUT2D eigenvalue weighted by atomic mass is 35.7. The van der Waals surface area contributed by atoms with Crippen molar-refractivity contribution in [3.8, 4) is 0 Å². The minimum absolute atomic E-state index is 0.402. The summed E-state index contributed by atoms with van der Waals surface area (Å²) in [6.07, 6.45) is -3.13. The summed E-state index contributed by atoms with van der Waals surface area (Å²) in [6, 6.07) is 0.545. The zero-order valence-corrected chi connectivity index (χ0v) is 9.80. The number of halogens is 3. The van der Waals surface area contributed by atoms with Crippen LogP contribution in [0.25, 0.3) is 0 Å². The molecular formula is C7H5ClF2N2O4S. The largest absolute Gasteiger partial charge is 0.365 e. The van der Waals surface area contributed by atoms with Gasteiger partial charge in [0.25, 0.3) is 9.05 Å². The standard InChI is InChI=1S/C7H5ClF2N2O4S/c1-3-4(17(8,15)16)2-5(12(13)14)11-6(3)7(9)10/h2,7H,1H3. The second-order valence-corrected chi connectivity index (χ2v) is 5.52. The number of nitro groups is 1. The van der Waals surface area contributed by atoms with Gasteiger partial charge in [0.1, 0.15) is 0 Å². The van der Waals surface area contributed by atoms with Crippen LogP contribution in [0.4, 0.5) is 14.6 Å². The lowest BCUT2D eigenvalue weighted by molar-refractivity contribution is -0.390. The molecule has 0 aliphatic heterocycles. The molecule has 0 aliphatic rings. The van der Waals surface area contributed by atoms with E-state index in [1.807, 2.05) is 0 Å². The van der Waals surface area contributed by atoms with Gasteiger partial charge in [0.05, 0.1) is 11.0 Å². The lowest BCUT2D eigenvalue weighted by Gasteiger charge is -2.04. The van der Waals surface area contributed by atoms with Gasteiger partial charge in [-0.05, 0) is 16.8 Å². The molecule has 1 heterocycles. The van der Waals surface area contributed by atoms with Crippen LogP contribution in [0.2, 0.25) is 0 Å². The molecule has 0 aliphatic carbocycles. The van der Waals surface area contributed by atoms with Gasteiger partial charge < -0.3 is 10.1 Å². The van der Waals surface area contributed by atoms with Gasteiger partial charge in [-0.3, -0.25) is 0 Å². The molecule has 0 amide bonds. The summed E-state index contributed by atoms with van der Waals surface area (Å²) in [4.78, 5) is 11.7. The lowest BCUT2D eigenvalue weighted by Crippen LogP contribution is -2.05. The molecule has 17 heavy (non-hydrogen) atoms. The van der Waals surface area contributed by atoms with Crippen LogP contribution in [-0.4, -0.2) is 18.3 Å². The second-order valence-electron chi connectivity index (χ2n) is 2.98. The molecule has 0 saturated heterocycles. The van der Waals surface area contributed by atoms with Crippen molar-refractivity contribution in [2.45, 2.75) is 18.2 Å². The zero-order chi connectivity index (χ0) is 13.4. The zero-order valence-electron chi connectivity index (χ0n) is 8.22. The summed E-state index contributed by atoms with van der Waals surface area (Å²) < 4.78 is 47.2. The Morgan fingerprint density at radius 1 is 1.53 bits per heavy atom. The molecule has 1 rings (SSSR count). The fourth-order valence-electron chi connectivity index (χ4n) is 1.15. The fraction of sp³-hybridized carbons (Fsp3) is 0.286. The van der Waals surface area contributed by atoms with Crippen molar-refractivity contribution in [3.63, 3.8) is 0 Å². The van der Waals surface area contributed by atoms with E-state index >= 15 is 0 Å². The van der Waals surface area contributed by atoms with Crippen molar-refractivity contribution in [3.05, 3.63) is 27.4 Å². The third-order valence-corrected chi connectivity index (χ3v) is 3.35. The van der Waals surface area contributed by atoms with E-state index in [2.05, 4.69) is 4.98 Å². The van der Waals surface area contributed by atoms with E-state index in [9.17, 15) is 27.3 Å². The molecule has 94 valence electrons. The van der Waals surface area contributed by atoms with Crippen LogP contribution in [0.5, 0.6) is 0 Å². The average molecular weight is 287 g/mol. The van der Waals surface area contributed by atoms with Crippen molar-refractivity contribution in [2.75, 3.05) is 0 Å². The number of hydrogen-bond donors (Lipinski definition) is 0. The van der Waals surface area contributed by atoms with Crippen LogP contribution in [-0.2, 0) is 9.05 Å². The normalized spacial score (nSPS) is 11.8. The molecule has 0 spiro atoms. The van der Waals surface area contributed by atoms with Gasteiger partial charge in [-0.15, -0.1) is 0 Å². The van der Waals surface area contributed by atoms with E-state index in [1.54, 1.807) is 0 Å². The van der Waals surface area contributed by atoms with Gasteiger partial charge in [0.2, 0.25) is 5.69 Å². The molecule has 0 bridgehead atoms. The predicted molar refractivity (Wildman–Crippen MR) is 53.6 cm³/mol. The van der Waals surface area contributed by atoms with Crippen LogP contribution < -0.4 is 0 Å². The Kier molecular flexibility index (Phi) is 3.62. The smallest absolute Gasteiger partial charge is 0.358 e. The second kappa shape index (κ2) is 4.49. The Hall–Kier alpha value is -1.35. The number of alkyl halides is 2. The molecule has 0 unspecified atom stereocenters. The van der Waals surface area contributed by atoms with E-state index in [4.69, 9.17) is 10.7 Å². The molecular weight excluding hydrogens is 282 g/mol. The van der Waals surface area contributed by atoms with Gasteiger partial charge in [0.15, 0.2) is 0 Å². The summed E-state index contributed by atoms with van der Waals surface area (Å²) in [5, 5.41) is 10.4. The van der Waals surface area contributed by atoms with Gasteiger partial charge in [0, 0.05) is 16.2 Å². The Balaban J connectivity index is 3.67. The van der Waals surface area contributed by atoms with Gasteiger partial charge in [-0.25, -0.2) is 17.2 Å². The van der Waals surface area contributed by atoms with Gasteiger partial charge in [-0.2, -0.15) is 0 Å². The van der Waals surface area contributed by atoms with Crippen molar-refractivity contribution in [1.82, 2.24) is 4.98 Å². The molecule has 1 aromatic rings. The molecule has 6 nitrogen and oxygen atoms in total. The molecule has 0 radical (unpaired) electrons. The van der Waals surface area contributed by atoms with Gasteiger partial charge >= 0.3 is 12.2 Å². The topological polar surface area (TPSA) is 90.2 Å². The number of aromatic nitrogens is 1. The van der Waals surface area contributed by atoms with Crippen molar-refractivity contribution in [2.24, 2.45) is 0 Å². The number of hydrogen-bond acceptors (Lipinski definition) is 5. The van der Waals surface area contributed by atoms with Crippen molar-refractivity contribution >= 4 is 25.6 Å². The fourth-order valence-corrected chi connectivity index (χ4v) is 2.35. The molecule has 10 heteroatoms. The summed E-state index contributed by atoms with van der Waals surface area (Å²) >= 11 is 0. The first kappa shape index (κ1) is 13.7. The van der Waals surface area contributed by atoms with Crippen LogP contribution in [0.3, 0.4) is 0 Å². The first-order valence-corrected chi connectivity index (χ1v) is 6.34. The third kappa shape index (κ3) is 2.86. The lowest BCUT2D eigenvalue weighted by atomic mass is 10.2. The molecule has 0 N–H and O–H groups in total. The quantitative estimate of drug-likeness (QED) is 0.482. The Bertz CT molecular complexity index is 575. The van der Waals surface area contributed by atoms with Crippen LogP contribution in [0, 0.1) is 17.0 Å². The van der Waals surface area contributed by atoms with Crippen molar-refractivity contribution < 1.29 is 22.1 Å². The molecule has 0 saturated carbocycles. The number of rotatable bonds is 3. The Morgan fingerprint density at radius 3 is 2.41 bits per heavy atom. The van der Waals surface area contributed by atoms with E-state index in [0.29, 0.717) is 6.07 Å². The van der Waals surface area contributed by atoms with E-state index in [0.717, 1.165) is 6.92 Å². The SMILES string of the molecule is Cc1c(S(=O)(=O)Cl)cc([N+](=O)[O-])nc1C(F)F. The monoisotopic (exact) mass is 286 g/mol. The number of pyridine rings is 1. The maximum absolute atomic E-state index is 12.5. The van der Waals surface area contributed by atoms with E-state index in [-0.39, 0.29) is 0 Å². The summed E-state index contributed by atoms with van der Waals surface area (Å²) in [5.74, 6) is -0.995. The van der Waals surface area contributed by atoms with Gasteiger partial charge in [-0.1, -0.05) is 0 Å². The minimum Gasteiger partial charge on any atom is -0.358 e. The molecule has 0 atom stereocenters. The summed E-state index contributed by atoms with van der Waals surface area (Å²) in [5.41, 5.74) is -1.38. The Morgan fingerprint density at radius 2 is 2.06 bits per heavy atom. The molecule has 0 aromatic carbocycles. The minimum atomic E-state index is -4.35. The average Bonchev–Trinajstić information content (AvgIpc) is 2.15. The third-order valence-electron chi connectivity index (χ3n) is 1.91. The summed E-state index contributed by atoms with van der Waals surface area (Å²) in [6.45, 7) is 1.05. The first-order chi connectivity index (χ1) is 7.64. The predicted octanol–water partition coefficient (Wildman–Crippen LogP) is 2.16. The maximum atomic E-state index is 12.5. The highest BCUT2D eigenvalue weighted by molar-refractivity contribution is 8.13. The van der Waals surface area contributed by atoms with Crippen LogP contribution >= 0.6 is 10.7 Å². The summed E-state index contributed by atoms with van der Waals surface area (Å²) in [7, 11) is 0.643. The molecule has 1 aromatic heterocycles. The highest BCUT2D eigenvalue weighted by Gasteiger charge is 2.29. The maximum Gasteiger partial charge on any atom is 0.365 e. The van der Waals surface area contributed by atoms with E-state index < -0.39 is 42.4 Å². The highest BCUT2D eigenvalue weighted by Crippen LogP contribution is 2.30. The van der Waals surface area contributed by atoms with Crippen LogP contribution in [0.1, 0.15) is 17.7 Å². The molecule has 0 fully saturated rings. The van der Waals surface area contributed by atoms with E-state index in [1.165, 1.54) is 0 Å².